The highest BCUT2D eigenvalue weighted by molar-refractivity contribution is 5.67. The van der Waals surface area contributed by atoms with E-state index in [0.29, 0.717) is 12.6 Å². The molecule has 1 fully saturated rings. The van der Waals surface area contributed by atoms with Gasteiger partial charge in [0.25, 0.3) is 0 Å². The van der Waals surface area contributed by atoms with Gasteiger partial charge >= 0.3 is 5.97 Å². The molecule has 1 aromatic heterocycles. The first kappa shape index (κ1) is 13.8. The molecule has 0 aromatic carbocycles. The highest BCUT2D eigenvalue weighted by Gasteiger charge is 2.30. The number of carbonyl (C=O) groups is 1. The van der Waals surface area contributed by atoms with Crippen molar-refractivity contribution in [1.82, 2.24) is 9.97 Å². The minimum absolute atomic E-state index is 0.149. The number of hydrogen-bond donors (Lipinski definition) is 1. The number of carboxylic acids is 1. The fourth-order valence-corrected chi connectivity index (χ4v) is 2.07. The smallest absolute Gasteiger partial charge is 0.305 e. The summed E-state index contributed by atoms with van der Waals surface area (Å²) in [5, 5.41) is 8.85. The third-order valence-electron chi connectivity index (χ3n) is 3.22. The summed E-state index contributed by atoms with van der Waals surface area (Å²) in [5.74, 6) is 1.22. The van der Waals surface area contributed by atoms with Gasteiger partial charge in [0.05, 0.1) is 6.42 Å². The molecule has 2 rings (SSSR count). The van der Waals surface area contributed by atoms with Crippen LogP contribution >= 0.6 is 0 Å². The quantitative estimate of drug-likeness (QED) is 0.853. The van der Waals surface area contributed by atoms with E-state index in [-0.39, 0.29) is 12.3 Å². The van der Waals surface area contributed by atoms with Gasteiger partial charge in [-0.15, -0.1) is 0 Å². The van der Waals surface area contributed by atoms with Crippen molar-refractivity contribution < 1.29 is 9.90 Å². The van der Waals surface area contributed by atoms with E-state index in [2.05, 4.69) is 28.7 Å². The molecule has 1 aromatic rings. The average molecular weight is 263 g/mol. The molecule has 104 valence electrons. The SMILES string of the molecule is Cc1cc(N(CCC(=O)O)C2CC2)nc(C(C)C)n1. The Morgan fingerprint density at radius 2 is 2.16 bits per heavy atom. The molecule has 0 aliphatic heterocycles. The van der Waals surface area contributed by atoms with Gasteiger partial charge in [0.1, 0.15) is 11.6 Å². The average Bonchev–Trinajstić information content (AvgIpc) is 3.12. The fourth-order valence-electron chi connectivity index (χ4n) is 2.07. The topological polar surface area (TPSA) is 66.3 Å². The first-order chi connectivity index (χ1) is 8.97. The number of aryl methyl sites for hydroxylation is 1. The Morgan fingerprint density at radius 1 is 1.47 bits per heavy atom. The summed E-state index contributed by atoms with van der Waals surface area (Å²) in [6.45, 7) is 6.61. The van der Waals surface area contributed by atoms with Gasteiger partial charge < -0.3 is 10.0 Å². The third kappa shape index (κ3) is 3.66. The summed E-state index contributed by atoms with van der Waals surface area (Å²) in [7, 11) is 0. The van der Waals surface area contributed by atoms with Gasteiger partial charge in [0, 0.05) is 30.3 Å². The van der Waals surface area contributed by atoms with Crippen molar-refractivity contribution >= 4 is 11.8 Å². The van der Waals surface area contributed by atoms with E-state index >= 15 is 0 Å². The molecule has 0 atom stereocenters. The highest BCUT2D eigenvalue weighted by atomic mass is 16.4. The maximum atomic E-state index is 10.8. The zero-order valence-corrected chi connectivity index (χ0v) is 11.8. The first-order valence-electron chi connectivity index (χ1n) is 6.81. The van der Waals surface area contributed by atoms with Crippen molar-refractivity contribution in [2.75, 3.05) is 11.4 Å². The van der Waals surface area contributed by atoms with Crippen molar-refractivity contribution in [3.05, 3.63) is 17.6 Å². The molecule has 1 aliphatic carbocycles. The van der Waals surface area contributed by atoms with E-state index in [9.17, 15) is 4.79 Å². The van der Waals surface area contributed by atoms with Crippen LogP contribution in [-0.2, 0) is 4.79 Å². The van der Waals surface area contributed by atoms with Crippen LogP contribution in [0.3, 0.4) is 0 Å². The summed E-state index contributed by atoms with van der Waals surface area (Å²) in [6, 6.07) is 2.40. The molecule has 0 amide bonds. The summed E-state index contributed by atoms with van der Waals surface area (Å²) in [6.07, 6.45) is 2.40. The monoisotopic (exact) mass is 263 g/mol. The maximum absolute atomic E-state index is 10.8. The van der Waals surface area contributed by atoms with Crippen LogP contribution in [0.2, 0.25) is 0 Å². The second-order valence-corrected chi connectivity index (χ2v) is 5.45. The predicted octanol–water partition coefficient (Wildman–Crippen LogP) is 2.35. The molecule has 5 heteroatoms. The molecule has 5 nitrogen and oxygen atoms in total. The Bertz CT molecular complexity index is 470. The van der Waals surface area contributed by atoms with Crippen LogP contribution in [0.4, 0.5) is 5.82 Å². The Balaban J connectivity index is 2.22. The standard InChI is InChI=1S/C14H21N3O2/c1-9(2)14-15-10(3)8-12(16-14)17(11-4-5-11)7-6-13(18)19/h8-9,11H,4-7H2,1-3H3,(H,18,19). The molecule has 1 saturated carbocycles. The van der Waals surface area contributed by atoms with Crippen molar-refractivity contribution in [2.45, 2.75) is 52.0 Å². The van der Waals surface area contributed by atoms with Gasteiger partial charge in [0.2, 0.25) is 0 Å². The lowest BCUT2D eigenvalue weighted by molar-refractivity contribution is -0.136. The maximum Gasteiger partial charge on any atom is 0.305 e. The van der Waals surface area contributed by atoms with Gasteiger partial charge in [0.15, 0.2) is 0 Å². The lowest BCUT2D eigenvalue weighted by atomic mass is 10.2. The third-order valence-corrected chi connectivity index (χ3v) is 3.22. The van der Waals surface area contributed by atoms with Crippen molar-refractivity contribution in [2.24, 2.45) is 0 Å². The minimum Gasteiger partial charge on any atom is -0.481 e. The Labute approximate surface area is 113 Å². The predicted molar refractivity (Wildman–Crippen MR) is 73.5 cm³/mol. The summed E-state index contributed by atoms with van der Waals surface area (Å²) in [4.78, 5) is 21.9. The van der Waals surface area contributed by atoms with Crippen LogP contribution < -0.4 is 4.90 Å². The van der Waals surface area contributed by atoms with E-state index in [0.717, 1.165) is 30.2 Å². The number of aromatic nitrogens is 2. The number of anilines is 1. The molecule has 19 heavy (non-hydrogen) atoms. The number of carboxylic acid groups (broad SMARTS) is 1. The molecule has 1 aliphatic rings. The molecular weight excluding hydrogens is 242 g/mol. The molecular formula is C14H21N3O2. The van der Waals surface area contributed by atoms with Crippen LogP contribution in [0, 0.1) is 6.92 Å². The molecule has 1 N–H and O–H groups in total. The largest absolute Gasteiger partial charge is 0.481 e. The van der Waals surface area contributed by atoms with E-state index < -0.39 is 5.97 Å². The van der Waals surface area contributed by atoms with Crippen LogP contribution in [-0.4, -0.2) is 33.6 Å². The van der Waals surface area contributed by atoms with E-state index in [1.54, 1.807) is 0 Å². The van der Waals surface area contributed by atoms with Gasteiger partial charge in [-0.25, -0.2) is 9.97 Å². The molecule has 0 spiro atoms. The van der Waals surface area contributed by atoms with Gasteiger partial charge in [-0.2, -0.15) is 0 Å². The normalized spacial score (nSPS) is 14.7. The first-order valence-corrected chi connectivity index (χ1v) is 6.81. The van der Waals surface area contributed by atoms with E-state index in [4.69, 9.17) is 5.11 Å². The van der Waals surface area contributed by atoms with E-state index in [1.807, 2.05) is 13.0 Å². The van der Waals surface area contributed by atoms with Gasteiger partial charge in [-0.1, -0.05) is 13.8 Å². The van der Waals surface area contributed by atoms with Crippen molar-refractivity contribution in [1.29, 1.82) is 0 Å². The number of aliphatic carboxylic acids is 1. The summed E-state index contributed by atoms with van der Waals surface area (Å²) >= 11 is 0. The second-order valence-electron chi connectivity index (χ2n) is 5.45. The van der Waals surface area contributed by atoms with Crippen molar-refractivity contribution in [3.63, 3.8) is 0 Å². The Kier molecular flexibility index (Phi) is 4.02. The number of nitrogens with zero attached hydrogens (tertiary/aromatic N) is 3. The van der Waals surface area contributed by atoms with Crippen molar-refractivity contribution in [3.8, 4) is 0 Å². The van der Waals surface area contributed by atoms with E-state index in [1.165, 1.54) is 0 Å². The van der Waals surface area contributed by atoms with Crippen LogP contribution in [0.15, 0.2) is 6.07 Å². The fraction of sp³-hybridized carbons (Fsp3) is 0.643. The summed E-state index contributed by atoms with van der Waals surface area (Å²) in [5.41, 5.74) is 0.940. The highest BCUT2D eigenvalue weighted by Crippen LogP contribution is 2.31. The second kappa shape index (κ2) is 5.55. The van der Waals surface area contributed by atoms with Crippen LogP contribution in [0.25, 0.3) is 0 Å². The molecule has 0 bridgehead atoms. The van der Waals surface area contributed by atoms with Gasteiger partial charge in [-0.3, -0.25) is 4.79 Å². The van der Waals surface area contributed by atoms with Crippen LogP contribution in [0.1, 0.15) is 50.5 Å². The zero-order chi connectivity index (χ0) is 14.0. The van der Waals surface area contributed by atoms with Crippen LogP contribution in [0.5, 0.6) is 0 Å². The van der Waals surface area contributed by atoms with Gasteiger partial charge in [-0.05, 0) is 19.8 Å². The lowest BCUT2D eigenvalue weighted by Gasteiger charge is -2.23. The zero-order valence-electron chi connectivity index (χ0n) is 11.8. The Hall–Kier alpha value is -1.65. The molecule has 1 heterocycles. The molecule has 0 saturated heterocycles. The number of rotatable bonds is 6. The minimum atomic E-state index is -0.763. The Morgan fingerprint density at radius 3 is 2.68 bits per heavy atom. The summed E-state index contributed by atoms with van der Waals surface area (Å²) < 4.78 is 0. The molecule has 0 radical (unpaired) electrons. The number of hydrogen-bond acceptors (Lipinski definition) is 4. The lowest BCUT2D eigenvalue weighted by Crippen LogP contribution is -2.29. The molecule has 0 unspecified atom stereocenters.